The largest absolute Gasteiger partial charge is 0.355 e. The van der Waals surface area contributed by atoms with Crippen molar-refractivity contribution in [3.8, 4) is 11.1 Å². The highest BCUT2D eigenvalue weighted by molar-refractivity contribution is 6.33. The number of aromatic nitrogens is 2. The van der Waals surface area contributed by atoms with E-state index in [1.165, 1.54) is 44.9 Å². The van der Waals surface area contributed by atoms with Crippen molar-refractivity contribution >= 4 is 29.7 Å². The molecule has 0 radical (unpaired) electrons. The van der Waals surface area contributed by atoms with Crippen LogP contribution in [0.2, 0.25) is 5.02 Å². The second kappa shape index (κ2) is 14.6. The third-order valence-electron chi connectivity index (χ3n) is 8.46. The van der Waals surface area contributed by atoms with Crippen LogP contribution in [0, 0.1) is 5.92 Å². The fraction of sp³-hybridized carbons (Fsp3) is 0.613. The van der Waals surface area contributed by atoms with Crippen molar-refractivity contribution in [1.82, 2.24) is 19.8 Å². The Morgan fingerprint density at radius 1 is 1.03 bits per heavy atom. The summed E-state index contributed by atoms with van der Waals surface area (Å²) in [7, 11) is 0. The highest BCUT2D eigenvalue weighted by Gasteiger charge is 2.24. The van der Waals surface area contributed by atoms with Crippen LogP contribution in [-0.4, -0.2) is 70.9 Å². The number of amides is 2. The Bertz CT molecular complexity index is 1070. The van der Waals surface area contributed by atoms with E-state index in [1.807, 2.05) is 32.2 Å². The molecule has 0 aromatic carbocycles. The number of nitrogens with zero attached hydrogens (tertiary/aromatic N) is 5. The van der Waals surface area contributed by atoms with Gasteiger partial charge in [0.1, 0.15) is 11.5 Å². The number of hydrogen-bond acceptors (Lipinski definition) is 5. The number of carbonyl (C=O) groups excluding carboxylic acids is 2. The van der Waals surface area contributed by atoms with Gasteiger partial charge in [0.2, 0.25) is 6.41 Å². The minimum Gasteiger partial charge on any atom is -0.355 e. The highest BCUT2D eigenvalue weighted by atomic mass is 35.5. The van der Waals surface area contributed by atoms with Gasteiger partial charge < -0.3 is 14.7 Å². The summed E-state index contributed by atoms with van der Waals surface area (Å²) in [4.78, 5) is 39.5. The van der Waals surface area contributed by atoms with Gasteiger partial charge >= 0.3 is 0 Å². The van der Waals surface area contributed by atoms with Gasteiger partial charge in [-0.2, -0.15) is 0 Å². The first-order chi connectivity index (χ1) is 19.0. The molecule has 2 aromatic rings. The predicted octanol–water partition coefficient (Wildman–Crippen LogP) is 6.46. The maximum absolute atomic E-state index is 12.6. The molecule has 1 saturated carbocycles. The predicted molar refractivity (Wildman–Crippen MR) is 158 cm³/mol. The fourth-order valence-electron chi connectivity index (χ4n) is 6.14. The summed E-state index contributed by atoms with van der Waals surface area (Å²) in [5.74, 6) is 1.41. The Hall–Kier alpha value is -2.67. The molecule has 7 nitrogen and oxygen atoms in total. The molecule has 0 bridgehead atoms. The van der Waals surface area contributed by atoms with Crippen LogP contribution in [0.3, 0.4) is 0 Å². The summed E-state index contributed by atoms with van der Waals surface area (Å²) in [6.07, 6.45) is 16.6. The lowest BCUT2D eigenvalue weighted by atomic mass is 9.92. The first-order valence-corrected chi connectivity index (χ1v) is 15.3. The summed E-state index contributed by atoms with van der Waals surface area (Å²) >= 11 is 6.75. The van der Waals surface area contributed by atoms with E-state index in [2.05, 4.69) is 14.8 Å². The van der Waals surface area contributed by atoms with Gasteiger partial charge in [-0.15, -0.1) is 0 Å². The van der Waals surface area contributed by atoms with E-state index in [0.717, 1.165) is 62.3 Å². The number of anilines is 1. The average molecular weight is 554 g/mol. The Kier molecular flexibility index (Phi) is 11.0. The molecular weight excluding hydrogens is 510 g/mol. The Morgan fingerprint density at radius 2 is 1.79 bits per heavy atom. The number of carbonyl (C=O) groups is 2. The minimum absolute atomic E-state index is 0.0528. The lowest BCUT2D eigenvalue weighted by molar-refractivity contribution is -0.120. The molecule has 0 N–H and O–H groups in total. The normalized spacial score (nSPS) is 18.1. The highest BCUT2D eigenvalue weighted by Crippen LogP contribution is 2.32. The summed E-state index contributed by atoms with van der Waals surface area (Å²) < 4.78 is 0. The Morgan fingerprint density at radius 3 is 2.46 bits per heavy atom. The van der Waals surface area contributed by atoms with Gasteiger partial charge in [-0.05, 0) is 70.4 Å². The van der Waals surface area contributed by atoms with Gasteiger partial charge in [-0.1, -0.05) is 43.4 Å². The van der Waals surface area contributed by atoms with Gasteiger partial charge in [0.05, 0.1) is 5.02 Å². The van der Waals surface area contributed by atoms with Crippen molar-refractivity contribution in [2.24, 2.45) is 5.92 Å². The standard InChI is InChI=1S/C31H44ClN5O2/c1-3-35(4-2)31(39)29-16-15-25(20-33-29)26-19-28(32)30(34-21-26)36-18-10-12-24(22-36)11-8-9-17-37(23-38)27-13-6-5-7-14-27/h15-16,19-21,23-24,27H,3-14,17-18,22H2,1-2H3. The topological polar surface area (TPSA) is 69.6 Å². The maximum atomic E-state index is 12.6. The van der Waals surface area contributed by atoms with E-state index in [0.29, 0.717) is 35.8 Å². The molecule has 4 rings (SSSR count). The summed E-state index contributed by atoms with van der Waals surface area (Å²) in [6.45, 7) is 8.08. The molecule has 3 heterocycles. The van der Waals surface area contributed by atoms with Crippen LogP contribution < -0.4 is 4.90 Å². The smallest absolute Gasteiger partial charge is 0.272 e. The quantitative estimate of drug-likeness (QED) is 0.223. The van der Waals surface area contributed by atoms with Crippen molar-refractivity contribution < 1.29 is 9.59 Å². The fourth-order valence-corrected chi connectivity index (χ4v) is 6.43. The molecule has 2 amide bonds. The van der Waals surface area contributed by atoms with Gasteiger partial charge in [0, 0.05) is 62.3 Å². The summed E-state index contributed by atoms with van der Waals surface area (Å²) in [6, 6.07) is 6.10. The van der Waals surface area contributed by atoms with Crippen LogP contribution >= 0.6 is 11.6 Å². The van der Waals surface area contributed by atoms with Crippen molar-refractivity contribution in [2.75, 3.05) is 37.6 Å². The number of unbranched alkanes of at least 4 members (excludes halogenated alkanes) is 1. The SMILES string of the molecule is CCN(CC)C(=O)c1ccc(-c2cnc(N3CCCC(CCCCN(C=O)C4CCCCC4)C3)c(Cl)c2)cn1. The second-order valence-electron chi connectivity index (χ2n) is 11.0. The third kappa shape index (κ3) is 7.71. The Labute approximate surface area is 238 Å². The molecule has 39 heavy (non-hydrogen) atoms. The molecule has 0 spiro atoms. The van der Waals surface area contributed by atoms with Crippen LogP contribution in [0.15, 0.2) is 30.6 Å². The van der Waals surface area contributed by atoms with Crippen molar-refractivity contribution in [2.45, 2.75) is 84.1 Å². The monoisotopic (exact) mass is 553 g/mol. The van der Waals surface area contributed by atoms with E-state index in [1.54, 1.807) is 17.2 Å². The molecule has 1 aliphatic carbocycles. The molecule has 2 aromatic heterocycles. The van der Waals surface area contributed by atoms with E-state index >= 15 is 0 Å². The zero-order valence-electron chi connectivity index (χ0n) is 23.7. The zero-order valence-corrected chi connectivity index (χ0v) is 24.4. The van der Waals surface area contributed by atoms with Gasteiger partial charge in [-0.25, -0.2) is 4.98 Å². The molecule has 1 atom stereocenters. The molecule has 2 aliphatic rings. The summed E-state index contributed by atoms with van der Waals surface area (Å²) in [5.41, 5.74) is 2.23. The minimum atomic E-state index is -0.0528. The van der Waals surface area contributed by atoms with Crippen LogP contribution in [0.25, 0.3) is 11.1 Å². The van der Waals surface area contributed by atoms with E-state index in [9.17, 15) is 9.59 Å². The number of rotatable bonds is 12. The van der Waals surface area contributed by atoms with Crippen molar-refractivity contribution in [3.63, 3.8) is 0 Å². The van der Waals surface area contributed by atoms with Crippen molar-refractivity contribution in [3.05, 3.63) is 41.3 Å². The summed E-state index contributed by atoms with van der Waals surface area (Å²) in [5, 5.41) is 0.644. The number of hydrogen-bond donors (Lipinski definition) is 0. The third-order valence-corrected chi connectivity index (χ3v) is 8.74. The van der Waals surface area contributed by atoms with Crippen LogP contribution in [0.4, 0.5) is 5.82 Å². The molecule has 8 heteroatoms. The van der Waals surface area contributed by atoms with Gasteiger partial charge in [-0.3, -0.25) is 14.6 Å². The zero-order chi connectivity index (χ0) is 27.6. The second-order valence-corrected chi connectivity index (χ2v) is 11.4. The maximum Gasteiger partial charge on any atom is 0.272 e. The lowest BCUT2D eigenvalue weighted by Gasteiger charge is -2.34. The number of piperidine rings is 1. The molecular formula is C31H44ClN5O2. The number of halogens is 1. The van der Waals surface area contributed by atoms with Crippen LogP contribution in [0.5, 0.6) is 0 Å². The molecule has 1 unspecified atom stereocenters. The lowest BCUT2D eigenvalue weighted by Crippen LogP contribution is -2.37. The average Bonchev–Trinajstić information content (AvgIpc) is 2.98. The first kappa shape index (κ1) is 29.3. The van der Waals surface area contributed by atoms with Gasteiger partial charge in [0.25, 0.3) is 5.91 Å². The van der Waals surface area contributed by atoms with Crippen LogP contribution in [0.1, 0.15) is 88.5 Å². The molecule has 212 valence electrons. The van der Waals surface area contributed by atoms with Crippen molar-refractivity contribution in [1.29, 1.82) is 0 Å². The van der Waals surface area contributed by atoms with Crippen LogP contribution in [-0.2, 0) is 4.79 Å². The van der Waals surface area contributed by atoms with E-state index < -0.39 is 0 Å². The van der Waals surface area contributed by atoms with E-state index in [4.69, 9.17) is 16.6 Å². The van der Waals surface area contributed by atoms with Gasteiger partial charge in [0.15, 0.2) is 0 Å². The van der Waals surface area contributed by atoms with E-state index in [-0.39, 0.29) is 5.91 Å². The Balaban J connectivity index is 1.30. The molecule has 1 aliphatic heterocycles. The molecule has 1 saturated heterocycles. The molecule has 2 fully saturated rings. The number of pyridine rings is 2. The first-order valence-electron chi connectivity index (χ1n) is 14.9.